The lowest BCUT2D eigenvalue weighted by Crippen LogP contribution is -2.39. The van der Waals surface area contributed by atoms with Gasteiger partial charge in [-0.3, -0.25) is 5.26 Å². The normalized spacial score (nSPS) is 14.6. The molecule has 0 radical (unpaired) electrons. The first-order valence-corrected chi connectivity index (χ1v) is 4.66. The number of rotatable bonds is 4. The summed E-state index contributed by atoms with van der Waals surface area (Å²) in [6, 6.07) is 6.66. The summed E-state index contributed by atoms with van der Waals surface area (Å²) < 4.78 is 0. The molecule has 0 amide bonds. The Morgan fingerprint density at radius 2 is 2.00 bits per heavy atom. The van der Waals surface area contributed by atoms with Crippen LogP contribution in [0.25, 0.3) is 0 Å². The lowest BCUT2D eigenvalue weighted by molar-refractivity contribution is -0.311. The lowest BCUT2D eigenvalue weighted by Gasteiger charge is -2.20. The summed E-state index contributed by atoms with van der Waals surface area (Å²) in [5.74, 6) is -1.22. The molecule has 5 heteroatoms. The molecule has 0 aliphatic carbocycles. The standard InChI is InChI=1S/C10H11ClO4/c1-10(15-14,9(12)13)6-7-2-4-8(11)5-3-7/h2-5,14H,6H2,1H3,(H,12,13)/t10-/m1/s1. The van der Waals surface area contributed by atoms with E-state index in [1.807, 2.05) is 0 Å². The lowest BCUT2D eigenvalue weighted by atomic mass is 9.97. The van der Waals surface area contributed by atoms with E-state index in [4.69, 9.17) is 22.0 Å². The molecule has 0 unspecified atom stereocenters. The number of carbonyl (C=O) groups is 1. The highest BCUT2D eigenvalue weighted by Gasteiger charge is 2.35. The van der Waals surface area contributed by atoms with Crippen molar-refractivity contribution in [1.29, 1.82) is 0 Å². The largest absolute Gasteiger partial charge is 0.479 e. The number of carboxylic acids is 1. The van der Waals surface area contributed by atoms with Gasteiger partial charge in [-0.15, -0.1) is 0 Å². The molecule has 1 aromatic carbocycles. The molecule has 0 fully saturated rings. The first-order valence-electron chi connectivity index (χ1n) is 4.28. The van der Waals surface area contributed by atoms with Crippen LogP contribution in [-0.2, 0) is 16.1 Å². The minimum absolute atomic E-state index is 0.0655. The Morgan fingerprint density at radius 3 is 2.40 bits per heavy atom. The Morgan fingerprint density at radius 1 is 1.47 bits per heavy atom. The van der Waals surface area contributed by atoms with Crippen LogP contribution in [0.15, 0.2) is 24.3 Å². The number of carboxylic acid groups (broad SMARTS) is 1. The van der Waals surface area contributed by atoms with Gasteiger partial charge >= 0.3 is 5.97 Å². The molecule has 0 heterocycles. The number of hydrogen-bond acceptors (Lipinski definition) is 3. The fraction of sp³-hybridized carbons (Fsp3) is 0.300. The van der Waals surface area contributed by atoms with Crippen LogP contribution in [0.3, 0.4) is 0 Å². The maximum atomic E-state index is 10.8. The van der Waals surface area contributed by atoms with Crippen molar-refractivity contribution < 1.29 is 20.0 Å². The van der Waals surface area contributed by atoms with Crippen molar-refractivity contribution >= 4 is 17.6 Å². The van der Waals surface area contributed by atoms with Gasteiger partial charge in [-0.1, -0.05) is 23.7 Å². The predicted octanol–water partition coefficient (Wildman–Crippen LogP) is 2.22. The zero-order chi connectivity index (χ0) is 11.5. The molecule has 1 rings (SSSR count). The van der Waals surface area contributed by atoms with E-state index >= 15 is 0 Å². The van der Waals surface area contributed by atoms with Crippen molar-refractivity contribution in [3.8, 4) is 0 Å². The van der Waals surface area contributed by atoms with Gasteiger partial charge in [0, 0.05) is 11.4 Å². The number of halogens is 1. The highest BCUT2D eigenvalue weighted by atomic mass is 35.5. The second kappa shape index (κ2) is 4.61. The fourth-order valence-corrected chi connectivity index (χ4v) is 1.26. The summed E-state index contributed by atoms with van der Waals surface area (Å²) in [6.07, 6.45) is 0.0655. The minimum atomic E-state index is -1.63. The van der Waals surface area contributed by atoms with Gasteiger partial charge in [0.1, 0.15) is 0 Å². The van der Waals surface area contributed by atoms with E-state index in [1.54, 1.807) is 24.3 Å². The van der Waals surface area contributed by atoms with E-state index in [0.29, 0.717) is 5.02 Å². The summed E-state index contributed by atoms with van der Waals surface area (Å²) >= 11 is 5.68. The fourth-order valence-electron chi connectivity index (χ4n) is 1.14. The van der Waals surface area contributed by atoms with Crippen molar-refractivity contribution in [1.82, 2.24) is 0 Å². The number of hydrogen-bond donors (Lipinski definition) is 2. The van der Waals surface area contributed by atoms with Gasteiger partial charge in [0.2, 0.25) is 5.60 Å². The second-order valence-corrected chi connectivity index (χ2v) is 3.87. The Kier molecular flexibility index (Phi) is 3.68. The number of benzene rings is 1. The predicted molar refractivity (Wildman–Crippen MR) is 54.9 cm³/mol. The van der Waals surface area contributed by atoms with Gasteiger partial charge in [0.15, 0.2) is 0 Å². The van der Waals surface area contributed by atoms with Gasteiger partial charge in [0.25, 0.3) is 0 Å². The Bertz CT molecular complexity index is 349. The summed E-state index contributed by atoms with van der Waals surface area (Å²) in [5, 5.41) is 18.0. The van der Waals surface area contributed by atoms with Gasteiger partial charge in [-0.2, -0.15) is 0 Å². The first kappa shape index (κ1) is 12.0. The van der Waals surface area contributed by atoms with Gasteiger partial charge in [-0.25, -0.2) is 9.68 Å². The van der Waals surface area contributed by atoms with Crippen LogP contribution in [0.4, 0.5) is 0 Å². The van der Waals surface area contributed by atoms with Crippen LogP contribution < -0.4 is 0 Å². The van der Waals surface area contributed by atoms with E-state index in [0.717, 1.165) is 5.56 Å². The first-order chi connectivity index (χ1) is 6.98. The molecule has 0 bridgehead atoms. The molecule has 82 valence electrons. The Balaban J connectivity index is 2.84. The molecule has 0 spiro atoms. The molecular weight excluding hydrogens is 220 g/mol. The van der Waals surface area contributed by atoms with E-state index in [1.165, 1.54) is 6.92 Å². The van der Waals surface area contributed by atoms with E-state index in [2.05, 4.69) is 4.89 Å². The van der Waals surface area contributed by atoms with E-state index in [-0.39, 0.29) is 6.42 Å². The molecule has 2 N–H and O–H groups in total. The van der Waals surface area contributed by atoms with Crippen LogP contribution >= 0.6 is 11.6 Å². The summed E-state index contributed by atoms with van der Waals surface area (Å²) in [7, 11) is 0. The average Bonchev–Trinajstić information content (AvgIpc) is 2.21. The van der Waals surface area contributed by atoms with Crippen LogP contribution in [0, 0.1) is 0 Å². The van der Waals surface area contributed by atoms with Crippen molar-refractivity contribution in [2.45, 2.75) is 18.9 Å². The smallest absolute Gasteiger partial charge is 0.339 e. The third kappa shape index (κ3) is 2.92. The molecule has 0 aliphatic rings. The van der Waals surface area contributed by atoms with Crippen LogP contribution in [-0.4, -0.2) is 21.9 Å². The molecule has 1 aromatic rings. The molecule has 0 aliphatic heterocycles. The van der Waals surface area contributed by atoms with Crippen LogP contribution in [0.5, 0.6) is 0 Å². The molecule has 0 saturated heterocycles. The zero-order valence-corrected chi connectivity index (χ0v) is 8.86. The summed E-state index contributed by atoms with van der Waals surface area (Å²) in [5.41, 5.74) is -0.910. The van der Waals surface area contributed by atoms with Gasteiger partial charge in [-0.05, 0) is 24.6 Å². The molecule has 0 aromatic heterocycles. The number of aliphatic carboxylic acids is 1. The van der Waals surface area contributed by atoms with Gasteiger partial charge < -0.3 is 5.11 Å². The van der Waals surface area contributed by atoms with Crippen molar-refractivity contribution in [3.63, 3.8) is 0 Å². The minimum Gasteiger partial charge on any atom is -0.479 e. The van der Waals surface area contributed by atoms with Gasteiger partial charge in [0.05, 0.1) is 0 Å². The molecule has 1 atom stereocenters. The third-order valence-corrected chi connectivity index (χ3v) is 2.36. The maximum Gasteiger partial charge on any atom is 0.339 e. The van der Waals surface area contributed by atoms with E-state index in [9.17, 15) is 4.79 Å². The van der Waals surface area contributed by atoms with Crippen molar-refractivity contribution in [2.24, 2.45) is 0 Å². The molecule has 15 heavy (non-hydrogen) atoms. The molecular formula is C10H11ClO4. The average molecular weight is 231 g/mol. The molecule has 4 nitrogen and oxygen atoms in total. The Labute approximate surface area is 92.0 Å². The summed E-state index contributed by atoms with van der Waals surface area (Å²) in [6.45, 7) is 1.30. The van der Waals surface area contributed by atoms with Crippen LogP contribution in [0.2, 0.25) is 5.02 Å². The quantitative estimate of drug-likeness (QED) is 0.615. The second-order valence-electron chi connectivity index (χ2n) is 3.43. The third-order valence-electron chi connectivity index (χ3n) is 2.11. The van der Waals surface area contributed by atoms with E-state index < -0.39 is 11.6 Å². The topological polar surface area (TPSA) is 66.8 Å². The molecule has 0 saturated carbocycles. The van der Waals surface area contributed by atoms with Crippen molar-refractivity contribution in [2.75, 3.05) is 0 Å². The SMILES string of the molecule is C[C@](Cc1ccc(Cl)cc1)(OO)C(=O)O. The highest BCUT2D eigenvalue weighted by molar-refractivity contribution is 6.30. The monoisotopic (exact) mass is 230 g/mol. The summed E-state index contributed by atoms with van der Waals surface area (Å²) in [4.78, 5) is 14.8. The zero-order valence-electron chi connectivity index (χ0n) is 8.11. The van der Waals surface area contributed by atoms with Crippen LogP contribution in [0.1, 0.15) is 12.5 Å². The Hall–Kier alpha value is -1.10. The highest BCUT2D eigenvalue weighted by Crippen LogP contribution is 2.18. The maximum absolute atomic E-state index is 10.8. The van der Waals surface area contributed by atoms with Crippen molar-refractivity contribution in [3.05, 3.63) is 34.9 Å².